The molecule has 21 heavy (non-hydrogen) atoms. The van der Waals surface area contributed by atoms with E-state index in [0.29, 0.717) is 11.8 Å². The summed E-state index contributed by atoms with van der Waals surface area (Å²) in [7, 11) is 2.23. The van der Waals surface area contributed by atoms with E-state index in [0.717, 1.165) is 52.2 Å². The third kappa shape index (κ3) is 5.51. The van der Waals surface area contributed by atoms with Crippen molar-refractivity contribution < 1.29 is 9.84 Å². The highest BCUT2D eigenvalue weighted by Crippen LogP contribution is 2.31. The molecule has 0 aromatic carbocycles. The summed E-state index contributed by atoms with van der Waals surface area (Å²) < 4.78 is 5.80. The lowest BCUT2D eigenvalue weighted by Crippen LogP contribution is -2.50. The molecule has 1 saturated heterocycles. The normalized spacial score (nSPS) is 33.4. The van der Waals surface area contributed by atoms with Crippen LogP contribution in [0.4, 0.5) is 0 Å². The first-order valence-corrected chi connectivity index (χ1v) is 8.64. The molecule has 2 N–H and O–H groups in total. The van der Waals surface area contributed by atoms with E-state index in [-0.39, 0.29) is 11.5 Å². The van der Waals surface area contributed by atoms with Gasteiger partial charge in [0.1, 0.15) is 0 Å². The second-order valence-corrected chi connectivity index (χ2v) is 7.87. The zero-order chi connectivity index (χ0) is 15.3. The molecule has 2 fully saturated rings. The van der Waals surface area contributed by atoms with Gasteiger partial charge in [-0.1, -0.05) is 13.8 Å². The van der Waals surface area contributed by atoms with Gasteiger partial charge in [-0.15, -0.1) is 0 Å². The van der Waals surface area contributed by atoms with Crippen LogP contribution in [0.2, 0.25) is 0 Å². The Bertz CT molecular complexity index is 297. The van der Waals surface area contributed by atoms with Crippen molar-refractivity contribution in [2.45, 2.75) is 45.6 Å². The van der Waals surface area contributed by atoms with Crippen molar-refractivity contribution in [2.24, 2.45) is 17.3 Å². The molecule has 2 aliphatic rings. The number of aliphatic hydroxyl groups excluding tert-OH is 1. The molecule has 1 unspecified atom stereocenters. The Morgan fingerprint density at radius 3 is 2.71 bits per heavy atom. The third-order valence-electron chi connectivity index (χ3n) is 4.84. The minimum Gasteiger partial charge on any atom is -0.393 e. The molecule has 1 heterocycles. The third-order valence-corrected chi connectivity index (χ3v) is 4.84. The quantitative estimate of drug-likeness (QED) is 0.716. The van der Waals surface area contributed by atoms with Crippen molar-refractivity contribution in [3.8, 4) is 0 Å². The highest BCUT2D eigenvalue weighted by Gasteiger charge is 2.35. The Morgan fingerprint density at radius 1 is 1.38 bits per heavy atom. The standard InChI is InChI=1S/C17H34N2O2/c1-14(2)9-18-11-17(5-4-6-21-13-17)12-19(3)10-15-7-16(20)8-15/h14-16,18,20H,4-13H2,1-3H3. The first-order chi connectivity index (χ1) is 9.99. The molecule has 2 rings (SSSR count). The second kappa shape index (κ2) is 7.91. The fraction of sp³-hybridized carbons (Fsp3) is 1.00. The number of hydrogen-bond acceptors (Lipinski definition) is 4. The highest BCUT2D eigenvalue weighted by atomic mass is 16.5. The van der Waals surface area contributed by atoms with Crippen LogP contribution in [0.3, 0.4) is 0 Å². The molecule has 1 saturated carbocycles. The van der Waals surface area contributed by atoms with Crippen molar-refractivity contribution in [1.29, 1.82) is 0 Å². The van der Waals surface area contributed by atoms with Gasteiger partial charge in [-0.2, -0.15) is 0 Å². The van der Waals surface area contributed by atoms with E-state index in [1.165, 1.54) is 12.8 Å². The van der Waals surface area contributed by atoms with Crippen molar-refractivity contribution >= 4 is 0 Å². The van der Waals surface area contributed by atoms with Crippen LogP contribution in [0.5, 0.6) is 0 Å². The van der Waals surface area contributed by atoms with Crippen LogP contribution < -0.4 is 5.32 Å². The first-order valence-electron chi connectivity index (χ1n) is 8.64. The predicted octanol–water partition coefficient (Wildman–Crippen LogP) is 1.73. The molecule has 0 amide bonds. The van der Waals surface area contributed by atoms with Gasteiger partial charge in [-0.05, 0) is 51.1 Å². The summed E-state index contributed by atoms with van der Waals surface area (Å²) in [6.07, 6.45) is 4.37. The van der Waals surface area contributed by atoms with E-state index in [4.69, 9.17) is 4.74 Å². The summed E-state index contributed by atoms with van der Waals surface area (Å²) in [5.74, 6) is 1.39. The molecule has 4 nitrogen and oxygen atoms in total. The number of rotatable bonds is 8. The average molecular weight is 298 g/mol. The fourth-order valence-electron chi connectivity index (χ4n) is 3.78. The second-order valence-electron chi connectivity index (χ2n) is 7.87. The van der Waals surface area contributed by atoms with Crippen molar-refractivity contribution in [3.63, 3.8) is 0 Å². The molecular formula is C17H34N2O2. The SMILES string of the molecule is CC(C)CNCC1(CN(C)CC2CC(O)C2)CCCOC1. The van der Waals surface area contributed by atoms with Crippen LogP contribution in [0.25, 0.3) is 0 Å². The zero-order valence-corrected chi connectivity index (χ0v) is 14.1. The predicted molar refractivity (Wildman–Crippen MR) is 86.4 cm³/mol. The van der Waals surface area contributed by atoms with Gasteiger partial charge < -0.3 is 20.1 Å². The number of aliphatic hydroxyl groups is 1. The average Bonchev–Trinajstić information content (AvgIpc) is 2.37. The number of nitrogens with zero attached hydrogens (tertiary/aromatic N) is 1. The lowest BCUT2D eigenvalue weighted by Gasteiger charge is -2.42. The fourth-order valence-corrected chi connectivity index (χ4v) is 3.78. The Balaban J connectivity index is 1.80. The summed E-state index contributed by atoms with van der Waals surface area (Å²) in [5, 5.41) is 13.1. The van der Waals surface area contributed by atoms with Crippen molar-refractivity contribution in [2.75, 3.05) is 46.4 Å². The Labute approximate surface area is 130 Å². The summed E-state index contributed by atoms with van der Waals surface area (Å²) >= 11 is 0. The molecule has 4 heteroatoms. The van der Waals surface area contributed by atoms with Gasteiger partial charge in [0.2, 0.25) is 0 Å². The molecule has 124 valence electrons. The molecule has 0 aromatic rings. The molecule has 1 aliphatic carbocycles. The summed E-state index contributed by atoms with van der Waals surface area (Å²) in [4.78, 5) is 2.46. The smallest absolute Gasteiger partial charge is 0.0546 e. The van der Waals surface area contributed by atoms with Crippen LogP contribution in [-0.4, -0.2) is 62.6 Å². The van der Waals surface area contributed by atoms with E-state index in [9.17, 15) is 5.11 Å². The molecule has 0 spiro atoms. The number of hydrogen-bond donors (Lipinski definition) is 2. The Hall–Kier alpha value is -0.160. The van der Waals surface area contributed by atoms with Gasteiger partial charge in [-0.25, -0.2) is 0 Å². The minimum atomic E-state index is -0.0388. The monoisotopic (exact) mass is 298 g/mol. The van der Waals surface area contributed by atoms with E-state index in [1.807, 2.05) is 0 Å². The maximum absolute atomic E-state index is 9.42. The van der Waals surface area contributed by atoms with Gasteiger partial charge >= 0.3 is 0 Å². The van der Waals surface area contributed by atoms with E-state index >= 15 is 0 Å². The van der Waals surface area contributed by atoms with Crippen LogP contribution in [0.15, 0.2) is 0 Å². The molecule has 0 radical (unpaired) electrons. The lowest BCUT2D eigenvalue weighted by atomic mass is 9.79. The van der Waals surface area contributed by atoms with Gasteiger partial charge in [-0.3, -0.25) is 0 Å². The highest BCUT2D eigenvalue weighted by molar-refractivity contribution is 4.88. The summed E-state index contributed by atoms with van der Waals surface area (Å²) in [5.41, 5.74) is 0.268. The molecular weight excluding hydrogens is 264 g/mol. The van der Waals surface area contributed by atoms with Crippen molar-refractivity contribution in [1.82, 2.24) is 10.2 Å². The Kier molecular flexibility index (Phi) is 6.48. The van der Waals surface area contributed by atoms with E-state index in [2.05, 4.69) is 31.1 Å². The molecule has 1 aliphatic heterocycles. The summed E-state index contributed by atoms with van der Waals surface area (Å²) in [6.45, 7) is 10.7. The van der Waals surface area contributed by atoms with Crippen LogP contribution in [0, 0.1) is 17.3 Å². The van der Waals surface area contributed by atoms with Crippen LogP contribution in [-0.2, 0) is 4.74 Å². The van der Waals surface area contributed by atoms with Crippen molar-refractivity contribution in [3.05, 3.63) is 0 Å². The molecule has 0 bridgehead atoms. The topological polar surface area (TPSA) is 44.7 Å². The first kappa shape index (κ1) is 17.2. The van der Waals surface area contributed by atoms with E-state index in [1.54, 1.807) is 0 Å². The van der Waals surface area contributed by atoms with Crippen LogP contribution >= 0.6 is 0 Å². The largest absolute Gasteiger partial charge is 0.393 e. The maximum Gasteiger partial charge on any atom is 0.0546 e. The number of nitrogens with one attached hydrogen (secondary N) is 1. The van der Waals surface area contributed by atoms with Gasteiger partial charge in [0.15, 0.2) is 0 Å². The van der Waals surface area contributed by atoms with Gasteiger partial charge in [0.25, 0.3) is 0 Å². The lowest BCUT2D eigenvalue weighted by molar-refractivity contribution is -0.0320. The minimum absolute atomic E-state index is 0.0388. The van der Waals surface area contributed by atoms with Gasteiger partial charge in [0, 0.05) is 31.7 Å². The maximum atomic E-state index is 9.42. The van der Waals surface area contributed by atoms with E-state index < -0.39 is 0 Å². The Morgan fingerprint density at radius 2 is 2.14 bits per heavy atom. The number of ether oxygens (including phenoxy) is 1. The summed E-state index contributed by atoms with van der Waals surface area (Å²) in [6, 6.07) is 0. The van der Waals surface area contributed by atoms with Gasteiger partial charge in [0.05, 0.1) is 12.7 Å². The molecule has 1 atom stereocenters. The zero-order valence-electron chi connectivity index (χ0n) is 14.1. The van der Waals surface area contributed by atoms with Crippen LogP contribution in [0.1, 0.15) is 39.5 Å². The molecule has 0 aromatic heterocycles.